The molecule has 3 nitrogen and oxygen atoms in total. The molecule has 0 atom stereocenters. The normalized spacial score (nSPS) is 14.2. The molecule has 0 heterocycles. The maximum Gasteiger partial charge on any atom is 0.0594 e. The Morgan fingerprint density at radius 1 is 0.789 bits per heavy atom. The monoisotopic (exact) mass is 272 g/mol. The highest BCUT2D eigenvalue weighted by molar-refractivity contribution is 4.86. The molecule has 0 aliphatic carbocycles. The summed E-state index contributed by atoms with van der Waals surface area (Å²) in [4.78, 5) is 2.50. The van der Waals surface area contributed by atoms with Gasteiger partial charge in [0.15, 0.2) is 0 Å². The van der Waals surface area contributed by atoms with Gasteiger partial charge >= 0.3 is 0 Å². The van der Waals surface area contributed by atoms with Crippen LogP contribution in [0.2, 0.25) is 0 Å². The molecule has 0 amide bonds. The zero-order valence-corrected chi connectivity index (χ0v) is 14.7. The van der Waals surface area contributed by atoms with Gasteiger partial charge in [0, 0.05) is 29.7 Å². The third kappa shape index (κ3) is 9.42. The van der Waals surface area contributed by atoms with Crippen molar-refractivity contribution in [2.75, 3.05) is 26.3 Å². The van der Waals surface area contributed by atoms with Crippen LogP contribution >= 0.6 is 0 Å². The van der Waals surface area contributed by atoms with E-state index in [9.17, 15) is 0 Å². The molecule has 0 aromatic heterocycles. The second kappa shape index (κ2) is 7.05. The van der Waals surface area contributed by atoms with Gasteiger partial charge in [0.05, 0.1) is 13.2 Å². The third-order valence-corrected chi connectivity index (χ3v) is 2.98. The van der Waals surface area contributed by atoms with Crippen LogP contribution in [0.25, 0.3) is 0 Å². The van der Waals surface area contributed by atoms with Crippen LogP contribution in [0.15, 0.2) is 0 Å². The van der Waals surface area contributed by atoms with Crippen molar-refractivity contribution >= 4 is 0 Å². The van der Waals surface area contributed by atoms with Gasteiger partial charge in [-0.2, -0.15) is 0 Å². The van der Waals surface area contributed by atoms with E-state index in [4.69, 9.17) is 4.74 Å². The molecule has 0 rings (SSSR count). The minimum Gasteiger partial charge on any atom is -0.379 e. The van der Waals surface area contributed by atoms with Gasteiger partial charge < -0.3 is 10.1 Å². The predicted octanol–water partition coefficient (Wildman–Crippen LogP) is 3.29. The minimum atomic E-state index is 0.172. The van der Waals surface area contributed by atoms with E-state index < -0.39 is 0 Å². The average molecular weight is 272 g/mol. The smallest absolute Gasteiger partial charge is 0.0594 e. The summed E-state index contributed by atoms with van der Waals surface area (Å²) in [5.41, 5.74) is 0.517. The first-order valence-corrected chi connectivity index (χ1v) is 7.44. The maximum absolute atomic E-state index is 5.75. The predicted molar refractivity (Wildman–Crippen MR) is 84.8 cm³/mol. The fourth-order valence-electron chi connectivity index (χ4n) is 2.43. The van der Waals surface area contributed by atoms with Crippen molar-refractivity contribution in [3.8, 4) is 0 Å². The molecule has 116 valence electrons. The standard InChI is InChI=1S/C16H36N2O/c1-14(2,3)17-10-12-19-13-11-18(15(4,5)6)16(7,8)9/h17H,10-13H2,1-9H3. The Morgan fingerprint density at radius 2 is 1.26 bits per heavy atom. The molecule has 0 saturated heterocycles. The molecule has 0 spiro atoms. The molecular formula is C16H36N2O. The van der Waals surface area contributed by atoms with E-state index in [2.05, 4.69) is 72.5 Å². The van der Waals surface area contributed by atoms with Gasteiger partial charge in [-0.3, -0.25) is 4.90 Å². The van der Waals surface area contributed by atoms with E-state index in [0.717, 1.165) is 26.3 Å². The van der Waals surface area contributed by atoms with E-state index in [0.29, 0.717) is 0 Å². The van der Waals surface area contributed by atoms with Crippen molar-refractivity contribution in [3.63, 3.8) is 0 Å². The fraction of sp³-hybridized carbons (Fsp3) is 1.00. The second-order valence-electron chi connectivity index (χ2n) is 8.28. The van der Waals surface area contributed by atoms with Gasteiger partial charge in [-0.15, -0.1) is 0 Å². The van der Waals surface area contributed by atoms with Crippen LogP contribution in [0.5, 0.6) is 0 Å². The molecule has 0 aliphatic heterocycles. The van der Waals surface area contributed by atoms with Gasteiger partial charge in [-0.1, -0.05) is 0 Å². The molecule has 0 aromatic rings. The van der Waals surface area contributed by atoms with E-state index in [1.807, 2.05) is 0 Å². The lowest BCUT2D eigenvalue weighted by atomic mass is 9.96. The minimum absolute atomic E-state index is 0.172. The summed E-state index contributed by atoms with van der Waals surface area (Å²) in [6.07, 6.45) is 0. The molecule has 0 fully saturated rings. The highest BCUT2D eigenvalue weighted by Gasteiger charge is 2.30. The Hall–Kier alpha value is -0.120. The number of nitrogens with one attached hydrogen (secondary N) is 1. The van der Waals surface area contributed by atoms with Gasteiger partial charge in [0.25, 0.3) is 0 Å². The lowest BCUT2D eigenvalue weighted by Gasteiger charge is -2.45. The van der Waals surface area contributed by atoms with Crippen molar-refractivity contribution in [2.24, 2.45) is 0 Å². The Kier molecular flexibility index (Phi) is 7.01. The summed E-state index contributed by atoms with van der Waals surface area (Å²) in [6, 6.07) is 0. The van der Waals surface area contributed by atoms with Gasteiger partial charge in [0.1, 0.15) is 0 Å². The topological polar surface area (TPSA) is 24.5 Å². The van der Waals surface area contributed by atoms with Crippen LogP contribution in [0.3, 0.4) is 0 Å². The van der Waals surface area contributed by atoms with Crippen molar-refractivity contribution < 1.29 is 4.74 Å². The number of hydrogen-bond donors (Lipinski definition) is 1. The average Bonchev–Trinajstić information content (AvgIpc) is 2.10. The Balaban J connectivity index is 3.97. The molecule has 0 unspecified atom stereocenters. The molecular weight excluding hydrogens is 236 g/mol. The molecule has 0 bridgehead atoms. The second-order valence-corrected chi connectivity index (χ2v) is 8.28. The quantitative estimate of drug-likeness (QED) is 0.751. The Labute approximate surface area is 121 Å². The summed E-state index contributed by atoms with van der Waals surface area (Å²) < 4.78 is 5.75. The largest absolute Gasteiger partial charge is 0.379 e. The van der Waals surface area contributed by atoms with Crippen molar-refractivity contribution in [2.45, 2.75) is 78.9 Å². The lowest BCUT2D eigenvalue weighted by Crippen LogP contribution is -2.53. The Morgan fingerprint density at radius 3 is 1.63 bits per heavy atom. The van der Waals surface area contributed by atoms with Crippen LogP contribution in [0.1, 0.15) is 62.3 Å². The number of nitrogens with zero attached hydrogens (tertiary/aromatic N) is 1. The van der Waals surface area contributed by atoms with E-state index >= 15 is 0 Å². The zero-order valence-electron chi connectivity index (χ0n) is 14.7. The van der Waals surface area contributed by atoms with Gasteiger partial charge in [-0.25, -0.2) is 0 Å². The van der Waals surface area contributed by atoms with Crippen LogP contribution in [-0.2, 0) is 4.74 Å². The molecule has 19 heavy (non-hydrogen) atoms. The first kappa shape index (κ1) is 18.9. The number of hydrogen-bond acceptors (Lipinski definition) is 3. The van der Waals surface area contributed by atoms with E-state index in [1.54, 1.807) is 0 Å². The summed E-state index contributed by atoms with van der Waals surface area (Å²) in [5, 5.41) is 3.43. The molecule has 0 aliphatic rings. The molecule has 0 saturated carbocycles. The highest BCUT2D eigenvalue weighted by atomic mass is 16.5. The van der Waals surface area contributed by atoms with Crippen LogP contribution in [0.4, 0.5) is 0 Å². The number of rotatable bonds is 6. The molecule has 1 N–H and O–H groups in total. The summed E-state index contributed by atoms with van der Waals surface area (Å²) in [5.74, 6) is 0. The first-order chi connectivity index (χ1) is 8.34. The van der Waals surface area contributed by atoms with Gasteiger partial charge in [0.2, 0.25) is 0 Å². The number of ether oxygens (including phenoxy) is 1. The SMILES string of the molecule is CC(C)(C)NCCOCCN(C(C)(C)C)C(C)(C)C. The van der Waals surface area contributed by atoms with Crippen LogP contribution < -0.4 is 5.32 Å². The lowest BCUT2D eigenvalue weighted by molar-refractivity contribution is 0.00551. The molecule has 0 radical (unpaired) electrons. The Bertz CT molecular complexity index is 229. The molecule has 0 aromatic carbocycles. The summed E-state index contributed by atoms with van der Waals surface area (Å²) in [7, 11) is 0. The zero-order chi connectivity index (χ0) is 15.3. The summed E-state index contributed by atoms with van der Waals surface area (Å²) in [6.45, 7) is 23.6. The van der Waals surface area contributed by atoms with Crippen LogP contribution in [-0.4, -0.2) is 47.8 Å². The highest BCUT2D eigenvalue weighted by Crippen LogP contribution is 2.23. The maximum atomic E-state index is 5.75. The van der Waals surface area contributed by atoms with E-state index in [1.165, 1.54) is 0 Å². The molecule has 3 heteroatoms. The summed E-state index contributed by atoms with van der Waals surface area (Å²) >= 11 is 0. The van der Waals surface area contributed by atoms with Crippen molar-refractivity contribution in [1.29, 1.82) is 0 Å². The fourth-order valence-corrected chi connectivity index (χ4v) is 2.43. The van der Waals surface area contributed by atoms with Crippen LogP contribution in [0, 0.1) is 0 Å². The first-order valence-electron chi connectivity index (χ1n) is 7.44. The van der Waals surface area contributed by atoms with Crippen molar-refractivity contribution in [3.05, 3.63) is 0 Å². The van der Waals surface area contributed by atoms with E-state index in [-0.39, 0.29) is 16.6 Å². The third-order valence-electron chi connectivity index (χ3n) is 2.98. The van der Waals surface area contributed by atoms with Crippen molar-refractivity contribution in [1.82, 2.24) is 10.2 Å². The van der Waals surface area contributed by atoms with Gasteiger partial charge in [-0.05, 0) is 62.3 Å².